The van der Waals surface area contributed by atoms with E-state index in [0.717, 1.165) is 41.6 Å². The minimum atomic E-state index is 0.225. The molecule has 2 aliphatic heterocycles. The smallest absolute Gasteiger partial charge is 0.124 e. The zero-order valence-corrected chi connectivity index (χ0v) is 16.8. The molecule has 2 aliphatic rings. The van der Waals surface area contributed by atoms with Crippen LogP contribution in [-0.2, 0) is 9.47 Å². The van der Waals surface area contributed by atoms with Crippen LogP contribution < -0.4 is 9.64 Å². The number of hydrogen-bond acceptors (Lipinski definition) is 4. The van der Waals surface area contributed by atoms with Crippen LogP contribution in [0.1, 0.15) is 35.8 Å². The monoisotopic (exact) mass is 387 g/mol. The van der Waals surface area contributed by atoms with E-state index in [1.165, 1.54) is 11.1 Å². The Balaban J connectivity index is 1.58. The zero-order chi connectivity index (χ0) is 19.8. The Morgan fingerprint density at radius 3 is 2.17 bits per heavy atom. The fourth-order valence-electron chi connectivity index (χ4n) is 3.67. The molecule has 0 amide bonds. The number of hydrogen-bond donors (Lipinski definition) is 0. The maximum absolute atomic E-state index is 5.87. The average Bonchev–Trinajstić information content (AvgIpc) is 3.65. The molecule has 2 fully saturated rings. The second kappa shape index (κ2) is 7.54. The van der Waals surface area contributed by atoms with Crippen LogP contribution in [0.2, 0.25) is 0 Å². The normalized spacial score (nSPS) is 19.7. The predicted molar refractivity (Wildman–Crippen MR) is 114 cm³/mol. The minimum absolute atomic E-state index is 0.225. The van der Waals surface area contributed by atoms with E-state index >= 15 is 0 Å². The lowest BCUT2D eigenvalue weighted by molar-refractivity contribution is 0.338. The van der Waals surface area contributed by atoms with Gasteiger partial charge in [-0.25, -0.2) is 0 Å². The number of aryl methyl sites for hydroxylation is 1. The van der Waals surface area contributed by atoms with Gasteiger partial charge in [0.05, 0.1) is 19.8 Å². The molecular weight excluding hydrogens is 362 g/mol. The van der Waals surface area contributed by atoms with Gasteiger partial charge in [0.2, 0.25) is 0 Å². The summed E-state index contributed by atoms with van der Waals surface area (Å²) in [6.07, 6.45) is 0.486. The molecule has 4 nitrogen and oxygen atoms in total. The molecule has 3 aromatic rings. The summed E-state index contributed by atoms with van der Waals surface area (Å²) in [4.78, 5) is 2.27. The molecule has 0 aromatic heterocycles. The summed E-state index contributed by atoms with van der Waals surface area (Å²) in [5.41, 5.74) is 6.87. The summed E-state index contributed by atoms with van der Waals surface area (Å²) >= 11 is 0. The van der Waals surface area contributed by atoms with Gasteiger partial charge in [0.1, 0.15) is 18.0 Å². The molecule has 5 rings (SSSR count). The van der Waals surface area contributed by atoms with Crippen molar-refractivity contribution in [2.24, 2.45) is 0 Å². The third kappa shape index (κ3) is 3.86. The first-order chi connectivity index (χ1) is 14.2. The Morgan fingerprint density at radius 1 is 0.828 bits per heavy atom. The van der Waals surface area contributed by atoms with Gasteiger partial charge in [0.25, 0.3) is 0 Å². The molecule has 0 saturated carbocycles. The van der Waals surface area contributed by atoms with Crippen LogP contribution in [0.25, 0.3) is 0 Å². The molecule has 2 unspecified atom stereocenters. The highest BCUT2D eigenvalue weighted by atomic mass is 16.6. The van der Waals surface area contributed by atoms with Gasteiger partial charge in [-0.3, -0.25) is 0 Å². The minimum Gasteiger partial charge on any atom is -0.494 e. The van der Waals surface area contributed by atoms with Crippen LogP contribution in [0.5, 0.6) is 5.75 Å². The van der Waals surface area contributed by atoms with Crippen LogP contribution in [0, 0.1) is 6.92 Å². The third-order valence-electron chi connectivity index (χ3n) is 5.42. The number of nitrogens with zero attached hydrogens (tertiary/aromatic N) is 1. The summed E-state index contributed by atoms with van der Waals surface area (Å²) in [7, 11) is 0. The summed E-state index contributed by atoms with van der Waals surface area (Å²) in [5, 5.41) is 0. The highest BCUT2D eigenvalue weighted by Crippen LogP contribution is 2.40. The number of rotatable bonds is 7. The number of benzene rings is 3. The van der Waals surface area contributed by atoms with Crippen molar-refractivity contribution in [1.29, 1.82) is 0 Å². The van der Waals surface area contributed by atoms with E-state index in [9.17, 15) is 0 Å². The van der Waals surface area contributed by atoms with Crippen molar-refractivity contribution in [3.05, 3.63) is 83.4 Å². The van der Waals surface area contributed by atoms with Gasteiger partial charge in [-0.2, -0.15) is 0 Å². The fraction of sp³-hybridized carbons (Fsp3) is 0.280. The highest BCUT2D eigenvalue weighted by molar-refractivity contribution is 5.78. The number of anilines is 3. The van der Waals surface area contributed by atoms with Gasteiger partial charge >= 0.3 is 0 Å². The maximum Gasteiger partial charge on any atom is 0.124 e. The molecule has 148 valence electrons. The van der Waals surface area contributed by atoms with E-state index in [-0.39, 0.29) is 12.2 Å². The summed E-state index contributed by atoms with van der Waals surface area (Å²) in [5.74, 6) is 0.916. The van der Waals surface area contributed by atoms with Gasteiger partial charge in [0, 0.05) is 23.1 Å². The van der Waals surface area contributed by atoms with Crippen LogP contribution >= 0.6 is 0 Å². The molecule has 0 N–H and O–H groups in total. The van der Waals surface area contributed by atoms with Gasteiger partial charge < -0.3 is 19.1 Å². The molecular formula is C25H25NO3. The lowest BCUT2D eigenvalue weighted by Crippen LogP contribution is -2.11. The first-order valence-corrected chi connectivity index (χ1v) is 10.2. The second-order valence-electron chi connectivity index (χ2n) is 7.55. The maximum atomic E-state index is 5.87. The van der Waals surface area contributed by atoms with E-state index in [0.29, 0.717) is 6.61 Å². The van der Waals surface area contributed by atoms with Gasteiger partial charge in [-0.15, -0.1) is 0 Å². The molecule has 0 aliphatic carbocycles. The first-order valence-electron chi connectivity index (χ1n) is 10.2. The van der Waals surface area contributed by atoms with E-state index in [1.807, 2.05) is 6.92 Å². The van der Waals surface area contributed by atoms with Crippen molar-refractivity contribution in [3.8, 4) is 5.75 Å². The Kier molecular flexibility index (Phi) is 4.74. The average molecular weight is 387 g/mol. The Labute approximate surface area is 171 Å². The van der Waals surface area contributed by atoms with Gasteiger partial charge in [-0.05, 0) is 60.9 Å². The van der Waals surface area contributed by atoms with E-state index < -0.39 is 0 Å². The van der Waals surface area contributed by atoms with Gasteiger partial charge in [-0.1, -0.05) is 30.3 Å². The largest absolute Gasteiger partial charge is 0.494 e. The zero-order valence-electron chi connectivity index (χ0n) is 16.8. The fourth-order valence-corrected chi connectivity index (χ4v) is 3.67. The van der Waals surface area contributed by atoms with Crippen molar-refractivity contribution >= 4 is 17.1 Å². The molecule has 3 aromatic carbocycles. The lowest BCUT2D eigenvalue weighted by atomic mass is 10.1. The molecule has 4 heteroatoms. The molecule has 29 heavy (non-hydrogen) atoms. The molecule has 2 heterocycles. The first kappa shape index (κ1) is 18.2. The van der Waals surface area contributed by atoms with E-state index in [1.54, 1.807) is 0 Å². The molecule has 2 saturated heterocycles. The summed E-state index contributed by atoms with van der Waals surface area (Å²) in [6, 6.07) is 23.6. The summed E-state index contributed by atoms with van der Waals surface area (Å²) < 4.78 is 16.8. The van der Waals surface area contributed by atoms with Crippen LogP contribution in [0.15, 0.2) is 66.7 Å². The molecule has 0 spiro atoms. The Morgan fingerprint density at radius 2 is 1.48 bits per heavy atom. The quantitative estimate of drug-likeness (QED) is 0.466. The van der Waals surface area contributed by atoms with Gasteiger partial charge in [0.15, 0.2) is 0 Å². The molecule has 2 atom stereocenters. The summed E-state index contributed by atoms with van der Waals surface area (Å²) in [6.45, 7) is 6.37. The Hall–Kier alpha value is -2.82. The topological polar surface area (TPSA) is 37.5 Å². The second-order valence-corrected chi connectivity index (χ2v) is 7.55. The lowest BCUT2D eigenvalue weighted by Gasteiger charge is -2.27. The van der Waals surface area contributed by atoms with Crippen molar-refractivity contribution in [2.75, 3.05) is 24.7 Å². The Bertz CT molecular complexity index is 1010. The third-order valence-corrected chi connectivity index (χ3v) is 5.42. The molecule has 0 radical (unpaired) electrons. The highest BCUT2D eigenvalue weighted by Gasteiger charge is 2.27. The van der Waals surface area contributed by atoms with Crippen molar-refractivity contribution < 1.29 is 14.2 Å². The van der Waals surface area contributed by atoms with Crippen LogP contribution in [0.4, 0.5) is 17.1 Å². The van der Waals surface area contributed by atoms with E-state index in [4.69, 9.17) is 14.2 Å². The standard InChI is InChI=1S/C25H25NO3/c1-3-27-23-14-22(10-7-17(23)2)26(20-11-8-18(9-12-20)24-15-28-24)21-6-4-5-19(13-21)25-16-29-25/h4-14,24-25H,3,15-16H2,1-2H3. The van der Waals surface area contributed by atoms with Crippen LogP contribution in [0.3, 0.4) is 0 Å². The van der Waals surface area contributed by atoms with Crippen molar-refractivity contribution in [1.82, 2.24) is 0 Å². The van der Waals surface area contributed by atoms with Crippen molar-refractivity contribution in [3.63, 3.8) is 0 Å². The SMILES string of the molecule is CCOc1cc(N(c2ccc(C3CO3)cc2)c2cccc(C3CO3)c2)ccc1C. The predicted octanol–water partition coefficient (Wildman–Crippen LogP) is 6.01. The van der Waals surface area contributed by atoms with Crippen LogP contribution in [-0.4, -0.2) is 19.8 Å². The van der Waals surface area contributed by atoms with E-state index in [2.05, 4.69) is 78.6 Å². The van der Waals surface area contributed by atoms with Crippen molar-refractivity contribution in [2.45, 2.75) is 26.1 Å². The number of ether oxygens (including phenoxy) is 3. The molecule has 0 bridgehead atoms. The number of epoxide rings is 2.